The molecule has 0 unspecified atom stereocenters. The van der Waals surface area contributed by atoms with E-state index in [2.05, 4.69) is 5.32 Å². The van der Waals surface area contributed by atoms with Crippen LogP contribution in [0.4, 0.5) is 0 Å². The van der Waals surface area contributed by atoms with Gasteiger partial charge in [-0.05, 0) is 25.0 Å². The van der Waals surface area contributed by atoms with Crippen LogP contribution in [-0.4, -0.2) is 19.3 Å². The lowest BCUT2D eigenvalue weighted by molar-refractivity contribution is 0.0302. The fraction of sp³-hybridized carbons (Fsp3) is 0.600. The number of hydrogen-bond donors (Lipinski definition) is 1. The first-order valence-corrected chi connectivity index (χ1v) is 8.26. The molecular weight excluding hydrogens is 317 g/mol. The maximum absolute atomic E-state index is 6.15. The van der Waals surface area contributed by atoms with Crippen LogP contribution in [0.1, 0.15) is 37.7 Å². The van der Waals surface area contributed by atoms with Crippen molar-refractivity contribution in [3.8, 4) is 0 Å². The van der Waals surface area contributed by atoms with Gasteiger partial charge in [-0.3, -0.25) is 0 Å². The van der Waals surface area contributed by atoms with Gasteiger partial charge in [0.25, 0.3) is 0 Å². The summed E-state index contributed by atoms with van der Waals surface area (Å²) in [5.74, 6) is 0. The Morgan fingerprint density at radius 1 is 1.05 bits per heavy atom. The monoisotopic (exact) mass is 335 g/mol. The van der Waals surface area contributed by atoms with E-state index >= 15 is 0 Å². The van der Waals surface area contributed by atoms with E-state index in [1.807, 2.05) is 0 Å². The van der Waals surface area contributed by atoms with Crippen molar-refractivity contribution >= 4 is 34.8 Å². The number of rotatable bonds is 6. The number of hydrogen-bond acceptors (Lipinski definition) is 2. The molecule has 0 aliphatic heterocycles. The zero-order valence-corrected chi connectivity index (χ0v) is 13.7. The molecule has 1 aliphatic rings. The molecule has 20 heavy (non-hydrogen) atoms. The first kappa shape index (κ1) is 16.4. The van der Waals surface area contributed by atoms with Gasteiger partial charge >= 0.3 is 0 Å². The standard InChI is InChI=1S/C15H20Cl3NO/c16-13-6-7-14(17)15(18)12(13)10-19-8-9-20-11-4-2-1-3-5-11/h6-7,11,19H,1-5,8-10H2. The largest absolute Gasteiger partial charge is 0.377 e. The predicted molar refractivity (Wildman–Crippen MR) is 86.0 cm³/mol. The minimum Gasteiger partial charge on any atom is -0.377 e. The summed E-state index contributed by atoms with van der Waals surface area (Å²) in [4.78, 5) is 0. The Hall–Kier alpha value is 0.01000. The molecule has 112 valence electrons. The quantitative estimate of drug-likeness (QED) is 0.577. The molecule has 0 amide bonds. The van der Waals surface area contributed by atoms with Gasteiger partial charge in [0, 0.05) is 23.7 Å². The second kappa shape index (κ2) is 8.45. The number of benzene rings is 1. The lowest BCUT2D eigenvalue weighted by Crippen LogP contribution is -2.24. The molecule has 0 heterocycles. The van der Waals surface area contributed by atoms with Gasteiger partial charge in [-0.25, -0.2) is 0 Å². The molecule has 1 fully saturated rings. The van der Waals surface area contributed by atoms with E-state index < -0.39 is 0 Å². The summed E-state index contributed by atoms with van der Waals surface area (Å²) in [5.41, 5.74) is 0.846. The molecular formula is C15H20Cl3NO. The van der Waals surface area contributed by atoms with Crippen LogP contribution in [-0.2, 0) is 11.3 Å². The Morgan fingerprint density at radius 2 is 1.75 bits per heavy atom. The van der Waals surface area contributed by atoms with Crippen LogP contribution in [0.5, 0.6) is 0 Å². The Morgan fingerprint density at radius 3 is 2.50 bits per heavy atom. The molecule has 1 aromatic carbocycles. The van der Waals surface area contributed by atoms with E-state index in [4.69, 9.17) is 39.5 Å². The Kier molecular flexibility index (Phi) is 6.92. The molecule has 0 saturated heterocycles. The van der Waals surface area contributed by atoms with E-state index in [-0.39, 0.29) is 0 Å². The predicted octanol–water partition coefficient (Wildman–Crippen LogP) is 5.09. The van der Waals surface area contributed by atoms with Gasteiger partial charge in [0.1, 0.15) is 0 Å². The van der Waals surface area contributed by atoms with Gasteiger partial charge in [-0.1, -0.05) is 54.1 Å². The van der Waals surface area contributed by atoms with Crippen LogP contribution in [0.2, 0.25) is 15.1 Å². The molecule has 1 N–H and O–H groups in total. The van der Waals surface area contributed by atoms with Crippen molar-refractivity contribution in [2.24, 2.45) is 0 Å². The van der Waals surface area contributed by atoms with Gasteiger partial charge in [-0.2, -0.15) is 0 Å². The molecule has 0 aromatic heterocycles. The van der Waals surface area contributed by atoms with Crippen molar-refractivity contribution in [3.63, 3.8) is 0 Å². The molecule has 0 spiro atoms. The molecule has 0 radical (unpaired) electrons. The molecule has 5 heteroatoms. The topological polar surface area (TPSA) is 21.3 Å². The minimum atomic E-state index is 0.448. The van der Waals surface area contributed by atoms with Crippen molar-refractivity contribution in [2.45, 2.75) is 44.8 Å². The Balaban J connectivity index is 1.69. The smallest absolute Gasteiger partial charge is 0.0652 e. The summed E-state index contributed by atoms with van der Waals surface area (Å²) in [5, 5.41) is 5.00. The zero-order chi connectivity index (χ0) is 14.4. The summed E-state index contributed by atoms with van der Waals surface area (Å²) >= 11 is 18.3. The first-order chi connectivity index (χ1) is 9.68. The number of nitrogens with one attached hydrogen (secondary N) is 1. The summed E-state index contributed by atoms with van der Waals surface area (Å²) in [6, 6.07) is 3.48. The second-order valence-electron chi connectivity index (χ2n) is 5.13. The van der Waals surface area contributed by atoms with Gasteiger partial charge in [0.15, 0.2) is 0 Å². The van der Waals surface area contributed by atoms with Crippen LogP contribution < -0.4 is 5.32 Å². The molecule has 0 atom stereocenters. The zero-order valence-electron chi connectivity index (χ0n) is 11.4. The summed E-state index contributed by atoms with van der Waals surface area (Å²) in [6.45, 7) is 2.11. The maximum Gasteiger partial charge on any atom is 0.0652 e. The highest BCUT2D eigenvalue weighted by Gasteiger charge is 2.13. The van der Waals surface area contributed by atoms with E-state index in [1.165, 1.54) is 32.1 Å². The summed E-state index contributed by atoms with van der Waals surface area (Å²) in [7, 11) is 0. The third kappa shape index (κ3) is 4.78. The third-order valence-corrected chi connectivity index (χ3v) is 4.82. The lowest BCUT2D eigenvalue weighted by Gasteiger charge is -2.22. The normalized spacial score (nSPS) is 16.6. The van der Waals surface area contributed by atoms with Crippen LogP contribution in [0.15, 0.2) is 12.1 Å². The van der Waals surface area contributed by atoms with E-state index in [1.54, 1.807) is 12.1 Å². The average molecular weight is 337 g/mol. The fourth-order valence-corrected chi connectivity index (χ4v) is 3.16. The van der Waals surface area contributed by atoms with Gasteiger partial charge in [-0.15, -0.1) is 0 Å². The number of halogens is 3. The van der Waals surface area contributed by atoms with Crippen molar-refractivity contribution in [2.75, 3.05) is 13.2 Å². The SMILES string of the molecule is Clc1ccc(Cl)c(CNCCOC2CCCCC2)c1Cl. The van der Waals surface area contributed by atoms with Gasteiger partial charge in [0.05, 0.1) is 22.8 Å². The fourth-order valence-electron chi connectivity index (χ4n) is 2.47. The Labute approximate surface area is 135 Å². The average Bonchev–Trinajstić information content (AvgIpc) is 2.47. The highest BCUT2D eigenvalue weighted by Crippen LogP contribution is 2.31. The van der Waals surface area contributed by atoms with Crippen molar-refractivity contribution in [1.82, 2.24) is 5.32 Å². The van der Waals surface area contributed by atoms with Crippen LogP contribution in [0, 0.1) is 0 Å². The first-order valence-electron chi connectivity index (χ1n) is 7.13. The maximum atomic E-state index is 6.15. The highest BCUT2D eigenvalue weighted by molar-refractivity contribution is 6.44. The highest BCUT2D eigenvalue weighted by atomic mass is 35.5. The Bertz CT molecular complexity index is 433. The van der Waals surface area contributed by atoms with E-state index in [0.29, 0.717) is 27.7 Å². The lowest BCUT2D eigenvalue weighted by atomic mass is 9.98. The third-order valence-electron chi connectivity index (χ3n) is 3.63. The van der Waals surface area contributed by atoms with E-state index in [9.17, 15) is 0 Å². The summed E-state index contributed by atoms with van der Waals surface area (Å²) in [6.07, 6.45) is 6.79. The molecule has 2 rings (SSSR count). The van der Waals surface area contributed by atoms with Crippen LogP contribution in [0.25, 0.3) is 0 Å². The molecule has 1 aliphatic carbocycles. The van der Waals surface area contributed by atoms with Crippen LogP contribution >= 0.6 is 34.8 Å². The molecule has 1 aromatic rings. The summed E-state index contributed by atoms with van der Waals surface area (Å²) < 4.78 is 5.85. The van der Waals surface area contributed by atoms with Crippen molar-refractivity contribution in [3.05, 3.63) is 32.8 Å². The molecule has 1 saturated carbocycles. The van der Waals surface area contributed by atoms with Gasteiger partial charge < -0.3 is 10.1 Å². The number of ether oxygens (including phenoxy) is 1. The second-order valence-corrected chi connectivity index (χ2v) is 6.32. The van der Waals surface area contributed by atoms with Crippen molar-refractivity contribution < 1.29 is 4.74 Å². The van der Waals surface area contributed by atoms with Gasteiger partial charge in [0.2, 0.25) is 0 Å². The van der Waals surface area contributed by atoms with Crippen LogP contribution in [0.3, 0.4) is 0 Å². The molecule has 0 bridgehead atoms. The van der Waals surface area contributed by atoms with E-state index in [0.717, 1.165) is 18.7 Å². The molecule has 2 nitrogen and oxygen atoms in total. The van der Waals surface area contributed by atoms with Crippen molar-refractivity contribution in [1.29, 1.82) is 0 Å². The minimum absolute atomic E-state index is 0.448.